The van der Waals surface area contributed by atoms with Crippen LogP contribution >= 0.6 is 0 Å². The van der Waals surface area contributed by atoms with Crippen LogP contribution in [0.2, 0.25) is 0 Å². The second-order valence-corrected chi connectivity index (χ2v) is 5.89. The molecule has 1 rings (SSSR count). The number of nitrogens with zero attached hydrogens (tertiary/aromatic N) is 1. The van der Waals surface area contributed by atoms with Crippen molar-refractivity contribution < 1.29 is 5.11 Å². The summed E-state index contributed by atoms with van der Waals surface area (Å²) in [5.41, 5.74) is 0.281. The number of likely N-dealkylation sites (tertiary alicyclic amines) is 1. The van der Waals surface area contributed by atoms with Gasteiger partial charge in [-0.05, 0) is 27.2 Å². The summed E-state index contributed by atoms with van der Waals surface area (Å²) in [5.74, 6) is 0. The van der Waals surface area contributed by atoms with E-state index in [-0.39, 0.29) is 17.1 Å². The van der Waals surface area contributed by atoms with Crippen LogP contribution in [0.4, 0.5) is 0 Å². The summed E-state index contributed by atoms with van der Waals surface area (Å²) in [4.78, 5) is 2.46. The first-order valence-electron chi connectivity index (χ1n) is 5.16. The summed E-state index contributed by atoms with van der Waals surface area (Å²) in [6.45, 7) is 13.0. The van der Waals surface area contributed by atoms with Crippen molar-refractivity contribution in [3.63, 3.8) is 0 Å². The zero-order valence-corrected chi connectivity index (χ0v) is 9.59. The lowest BCUT2D eigenvalue weighted by Crippen LogP contribution is -2.54. The maximum absolute atomic E-state index is 9.79. The number of aliphatic hydroxyl groups is 1. The van der Waals surface area contributed by atoms with Crippen LogP contribution in [0, 0.1) is 5.41 Å². The fourth-order valence-corrected chi connectivity index (χ4v) is 1.92. The molecule has 0 aromatic rings. The van der Waals surface area contributed by atoms with Crippen LogP contribution in [0.5, 0.6) is 0 Å². The molecule has 0 radical (unpaired) electrons. The number of piperidine rings is 1. The molecular formula is C11H23NO. The van der Waals surface area contributed by atoms with Crippen LogP contribution in [0.15, 0.2) is 0 Å². The predicted molar refractivity (Wildman–Crippen MR) is 55.7 cm³/mol. The second kappa shape index (κ2) is 3.25. The van der Waals surface area contributed by atoms with Crippen molar-refractivity contribution in [1.82, 2.24) is 4.90 Å². The van der Waals surface area contributed by atoms with Crippen LogP contribution in [-0.2, 0) is 0 Å². The van der Waals surface area contributed by atoms with E-state index in [4.69, 9.17) is 0 Å². The van der Waals surface area contributed by atoms with Gasteiger partial charge < -0.3 is 5.11 Å². The Bertz CT molecular complexity index is 181. The van der Waals surface area contributed by atoms with Crippen molar-refractivity contribution in [3.8, 4) is 0 Å². The first kappa shape index (κ1) is 11.0. The predicted octanol–water partition coefficient (Wildman–Crippen LogP) is 1.88. The van der Waals surface area contributed by atoms with E-state index < -0.39 is 0 Å². The van der Waals surface area contributed by atoms with Crippen molar-refractivity contribution in [1.29, 1.82) is 0 Å². The van der Waals surface area contributed by atoms with Gasteiger partial charge in [-0.3, -0.25) is 4.90 Å². The summed E-state index contributed by atoms with van der Waals surface area (Å²) in [6, 6.07) is 0. The van der Waals surface area contributed by atoms with Gasteiger partial charge in [0, 0.05) is 24.0 Å². The van der Waals surface area contributed by atoms with Gasteiger partial charge in [-0.1, -0.05) is 13.8 Å². The van der Waals surface area contributed by atoms with E-state index in [2.05, 4.69) is 39.5 Å². The molecule has 0 amide bonds. The topological polar surface area (TPSA) is 23.5 Å². The quantitative estimate of drug-likeness (QED) is 0.623. The molecule has 0 saturated carbocycles. The minimum absolute atomic E-state index is 0.0472. The van der Waals surface area contributed by atoms with Crippen molar-refractivity contribution in [2.75, 3.05) is 13.1 Å². The van der Waals surface area contributed by atoms with Gasteiger partial charge in [0.1, 0.15) is 0 Å². The van der Waals surface area contributed by atoms with E-state index in [9.17, 15) is 5.11 Å². The van der Waals surface area contributed by atoms with Gasteiger partial charge in [0.2, 0.25) is 0 Å². The minimum Gasteiger partial charge on any atom is -0.392 e. The summed E-state index contributed by atoms with van der Waals surface area (Å²) in [6.07, 6.45) is 0.774. The molecule has 0 bridgehead atoms. The second-order valence-electron chi connectivity index (χ2n) is 5.89. The van der Waals surface area contributed by atoms with E-state index in [0.717, 1.165) is 19.5 Å². The highest BCUT2D eigenvalue weighted by Crippen LogP contribution is 2.32. The molecule has 0 aromatic heterocycles. The molecule has 1 N–H and O–H groups in total. The molecule has 0 aromatic carbocycles. The van der Waals surface area contributed by atoms with E-state index in [1.165, 1.54) is 0 Å². The van der Waals surface area contributed by atoms with E-state index in [1.54, 1.807) is 0 Å². The smallest absolute Gasteiger partial charge is 0.0615 e. The lowest BCUT2D eigenvalue weighted by atomic mass is 9.79. The van der Waals surface area contributed by atoms with Crippen molar-refractivity contribution in [2.45, 2.75) is 52.7 Å². The normalized spacial score (nSPS) is 30.5. The molecule has 0 spiro atoms. The number of rotatable bonds is 0. The molecule has 2 heteroatoms. The third-order valence-corrected chi connectivity index (χ3v) is 3.12. The number of hydrogen-bond acceptors (Lipinski definition) is 2. The molecule has 1 aliphatic rings. The largest absolute Gasteiger partial charge is 0.392 e. The zero-order valence-electron chi connectivity index (χ0n) is 9.59. The molecule has 78 valence electrons. The van der Waals surface area contributed by atoms with E-state index in [0.29, 0.717) is 0 Å². The Morgan fingerprint density at radius 1 is 1.31 bits per heavy atom. The molecule has 1 saturated heterocycles. The molecule has 13 heavy (non-hydrogen) atoms. The molecular weight excluding hydrogens is 162 g/mol. The van der Waals surface area contributed by atoms with E-state index in [1.807, 2.05) is 0 Å². The maximum Gasteiger partial charge on any atom is 0.0615 e. The highest BCUT2D eigenvalue weighted by atomic mass is 16.3. The Morgan fingerprint density at radius 2 is 1.85 bits per heavy atom. The lowest BCUT2D eigenvalue weighted by molar-refractivity contribution is -0.0519. The fourth-order valence-electron chi connectivity index (χ4n) is 1.92. The Morgan fingerprint density at radius 3 is 2.23 bits per heavy atom. The molecule has 1 atom stereocenters. The Labute approximate surface area is 81.9 Å². The standard InChI is InChI=1S/C11H23NO/c1-10(2,3)12-7-6-9(13)11(4,5)8-12/h9,13H,6-8H2,1-5H3. The van der Waals surface area contributed by atoms with Gasteiger partial charge in [-0.2, -0.15) is 0 Å². The molecule has 1 aliphatic heterocycles. The monoisotopic (exact) mass is 185 g/mol. The number of hydrogen-bond donors (Lipinski definition) is 1. The summed E-state index contributed by atoms with van der Waals surface area (Å²) >= 11 is 0. The van der Waals surface area contributed by atoms with Crippen LogP contribution < -0.4 is 0 Å². The summed E-state index contributed by atoms with van der Waals surface area (Å²) in [7, 11) is 0. The third-order valence-electron chi connectivity index (χ3n) is 3.12. The SMILES string of the molecule is CC1(C)CN(C(C)(C)C)CCC1O. The highest BCUT2D eigenvalue weighted by Gasteiger charge is 2.37. The van der Waals surface area contributed by atoms with Crippen LogP contribution in [-0.4, -0.2) is 34.7 Å². The van der Waals surface area contributed by atoms with Gasteiger partial charge in [-0.25, -0.2) is 0 Å². The summed E-state index contributed by atoms with van der Waals surface area (Å²) in [5, 5.41) is 9.79. The molecule has 1 unspecified atom stereocenters. The zero-order chi connectivity index (χ0) is 10.3. The van der Waals surface area contributed by atoms with Crippen LogP contribution in [0.1, 0.15) is 41.0 Å². The van der Waals surface area contributed by atoms with Gasteiger partial charge in [-0.15, -0.1) is 0 Å². The van der Waals surface area contributed by atoms with Gasteiger partial charge >= 0.3 is 0 Å². The first-order valence-corrected chi connectivity index (χ1v) is 5.16. The molecule has 1 heterocycles. The lowest BCUT2D eigenvalue weighted by Gasteiger charge is -2.47. The number of aliphatic hydroxyl groups excluding tert-OH is 1. The average Bonchev–Trinajstić information content (AvgIpc) is 1.92. The van der Waals surface area contributed by atoms with Crippen LogP contribution in [0.3, 0.4) is 0 Å². The van der Waals surface area contributed by atoms with Crippen molar-refractivity contribution >= 4 is 0 Å². The minimum atomic E-state index is -0.133. The Balaban J connectivity index is 2.66. The Hall–Kier alpha value is -0.0800. The van der Waals surface area contributed by atoms with Gasteiger partial charge in [0.15, 0.2) is 0 Å². The van der Waals surface area contributed by atoms with Crippen molar-refractivity contribution in [2.24, 2.45) is 5.41 Å². The van der Waals surface area contributed by atoms with Gasteiger partial charge in [0.05, 0.1) is 6.10 Å². The summed E-state index contributed by atoms with van der Waals surface area (Å²) < 4.78 is 0. The van der Waals surface area contributed by atoms with Gasteiger partial charge in [0.25, 0.3) is 0 Å². The molecule has 1 fully saturated rings. The molecule has 2 nitrogen and oxygen atoms in total. The molecule has 0 aliphatic carbocycles. The van der Waals surface area contributed by atoms with Crippen LogP contribution in [0.25, 0.3) is 0 Å². The highest BCUT2D eigenvalue weighted by molar-refractivity contribution is 4.91. The third kappa shape index (κ3) is 2.44. The fraction of sp³-hybridized carbons (Fsp3) is 1.00. The van der Waals surface area contributed by atoms with Crippen molar-refractivity contribution in [3.05, 3.63) is 0 Å². The Kier molecular flexibility index (Phi) is 2.75. The first-order chi connectivity index (χ1) is 5.73. The average molecular weight is 185 g/mol. The van der Waals surface area contributed by atoms with E-state index >= 15 is 0 Å². The maximum atomic E-state index is 9.79.